The number of nitrogens with one attached hydrogen (secondary N) is 1. The molecular formula is C13H15F2N3. The van der Waals surface area contributed by atoms with Crippen LogP contribution in [0, 0.1) is 11.6 Å². The van der Waals surface area contributed by atoms with Crippen molar-refractivity contribution >= 4 is 0 Å². The Balaban J connectivity index is 2.59. The minimum Gasteiger partial charge on any atom is -0.310 e. The van der Waals surface area contributed by atoms with Crippen LogP contribution < -0.4 is 5.32 Å². The van der Waals surface area contributed by atoms with E-state index < -0.39 is 17.2 Å². The quantitative estimate of drug-likeness (QED) is 0.908. The van der Waals surface area contributed by atoms with Crippen molar-refractivity contribution in [2.24, 2.45) is 0 Å². The first-order valence-corrected chi connectivity index (χ1v) is 5.63. The summed E-state index contributed by atoms with van der Waals surface area (Å²) in [4.78, 5) is 4.02. The molecule has 0 amide bonds. The number of hydrogen-bond acceptors (Lipinski definition) is 2. The summed E-state index contributed by atoms with van der Waals surface area (Å²) in [5.74, 6) is -0.962. The lowest BCUT2D eigenvalue weighted by atomic mass is 10.0. The lowest BCUT2D eigenvalue weighted by Gasteiger charge is -2.25. The molecule has 0 spiro atoms. The maximum Gasteiger partial charge on any atom is 0.147 e. The first-order chi connectivity index (χ1) is 8.45. The van der Waals surface area contributed by atoms with E-state index in [4.69, 9.17) is 0 Å². The van der Waals surface area contributed by atoms with Gasteiger partial charge < -0.3 is 5.32 Å². The van der Waals surface area contributed by atoms with Crippen molar-refractivity contribution in [3.05, 3.63) is 48.1 Å². The Morgan fingerprint density at radius 3 is 2.67 bits per heavy atom. The van der Waals surface area contributed by atoms with E-state index in [1.165, 1.54) is 6.33 Å². The Labute approximate surface area is 104 Å². The van der Waals surface area contributed by atoms with Gasteiger partial charge in [-0.25, -0.2) is 13.8 Å². The van der Waals surface area contributed by atoms with Crippen molar-refractivity contribution in [2.45, 2.75) is 19.4 Å². The zero-order chi connectivity index (χ0) is 13.3. The molecule has 3 nitrogen and oxygen atoms in total. The van der Waals surface area contributed by atoms with Gasteiger partial charge in [0, 0.05) is 6.07 Å². The molecule has 2 aromatic rings. The molecule has 1 aromatic carbocycles. The molecule has 18 heavy (non-hydrogen) atoms. The average molecular weight is 251 g/mol. The first-order valence-electron chi connectivity index (χ1n) is 5.63. The maximum absolute atomic E-state index is 13.8. The SMILES string of the molecule is CNC(C)(C)c1cncn1-c1cc(F)ccc1F. The molecule has 5 heteroatoms. The highest BCUT2D eigenvalue weighted by Gasteiger charge is 2.23. The fourth-order valence-corrected chi connectivity index (χ4v) is 1.75. The summed E-state index contributed by atoms with van der Waals surface area (Å²) < 4.78 is 28.6. The van der Waals surface area contributed by atoms with E-state index in [2.05, 4.69) is 10.3 Å². The van der Waals surface area contributed by atoms with Crippen molar-refractivity contribution in [1.29, 1.82) is 0 Å². The zero-order valence-electron chi connectivity index (χ0n) is 10.5. The van der Waals surface area contributed by atoms with Crippen LogP contribution in [-0.4, -0.2) is 16.6 Å². The van der Waals surface area contributed by atoms with E-state index >= 15 is 0 Å². The lowest BCUT2D eigenvalue weighted by Crippen LogP contribution is -2.35. The van der Waals surface area contributed by atoms with Crippen LogP contribution in [0.2, 0.25) is 0 Å². The van der Waals surface area contributed by atoms with Gasteiger partial charge in [-0.3, -0.25) is 4.57 Å². The van der Waals surface area contributed by atoms with E-state index in [0.717, 1.165) is 23.9 Å². The topological polar surface area (TPSA) is 29.9 Å². The predicted octanol–water partition coefficient (Wildman–Crippen LogP) is 2.61. The fraction of sp³-hybridized carbons (Fsp3) is 0.308. The van der Waals surface area contributed by atoms with Gasteiger partial charge in [-0.2, -0.15) is 0 Å². The molecule has 0 atom stereocenters. The third kappa shape index (κ3) is 2.13. The summed E-state index contributed by atoms with van der Waals surface area (Å²) >= 11 is 0. The van der Waals surface area contributed by atoms with Gasteiger partial charge in [0.15, 0.2) is 0 Å². The Hall–Kier alpha value is -1.75. The molecule has 1 aromatic heterocycles. The smallest absolute Gasteiger partial charge is 0.147 e. The van der Waals surface area contributed by atoms with Crippen molar-refractivity contribution < 1.29 is 8.78 Å². The summed E-state index contributed by atoms with van der Waals surface area (Å²) in [5, 5.41) is 3.11. The van der Waals surface area contributed by atoms with Gasteiger partial charge in [-0.15, -0.1) is 0 Å². The molecule has 0 saturated heterocycles. The normalized spacial score (nSPS) is 11.8. The minimum absolute atomic E-state index is 0.158. The second-order valence-corrected chi connectivity index (χ2v) is 4.62. The van der Waals surface area contributed by atoms with Crippen LogP contribution in [0.25, 0.3) is 5.69 Å². The van der Waals surface area contributed by atoms with Crippen molar-refractivity contribution in [2.75, 3.05) is 7.05 Å². The van der Waals surface area contributed by atoms with Crippen molar-refractivity contribution in [3.8, 4) is 5.69 Å². The average Bonchev–Trinajstić information content (AvgIpc) is 2.82. The fourth-order valence-electron chi connectivity index (χ4n) is 1.75. The molecule has 0 bridgehead atoms. The van der Waals surface area contributed by atoms with Crippen LogP contribution >= 0.6 is 0 Å². The minimum atomic E-state index is -0.484. The second-order valence-electron chi connectivity index (χ2n) is 4.62. The molecule has 96 valence electrons. The predicted molar refractivity (Wildman–Crippen MR) is 65.6 cm³/mol. The Morgan fingerprint density at radius 2 is 2.00 bits per heavy atom. The first kappa shape index (κ1) is 12.7. The number of imidazole rings is 1. The van der Waals surface area contributed by atoms with E-state index in [9.17, 15) is 8.78 Å². The molecule has 0 unspecified atom stereocenters. The molecule has 0 aliphatic carbocycles. The highest BCUT2D eigenvalue weighted by Crippen LogP contribution is 2.24. The monoisotopic (exact) mass is 251 g/mol. The van der Waals surface area contributed by atoms with Crippen LogP contribution in [0.4, 0.5) is 8.78 Å². The number of halogens is 2. The standard InChI is InChI=1S/C13H15F2N3/c1-13(2,16-3)12-7-17-8-18(12)11-6-9(14)4-5-10(11)15/h4-8,16H,1-3H3. The van der Waals surface area contributed by atoms with Gasteiger partial charge in [-0.1, -0.05) is 0 Å². The summed E-state index contributed by atoms with van der Waals surface area (Å²) in [6.07, 6.45) is 3.12. The lowest BCUT2D eigenvalue weighted by molar-refractivity contribution is 0.423. The molecule has 2 rings (SSSR count). The van der Waals surface area contributed by atoms with Gasteiger partial charge in [0.1, 0.15) is 11.6 Å². The van der Waals surface area contributed by atoms with Gasteiger partial charge in [-0.05, 0) is 33.0 Å². The summed E-state index contributed by atoms with van der Waals surface area (Å²) in [5.41, 5.74) is 0.523. The highest BCUT2D eigenvalue weighted by atomic mass is 19.1. The van der Waals surface area contributed by atoms with Crippen LogP contribution in [0.1, 0.15) is 19.5 Å². The maximum atomic E-state index is 13.8. The summed E-state index contributed by atoms with van der Waals surface area (Å²) in [6.45, 7) is 3.88. The van der Waals surface area contributed by atoms with E-state index in [1.807, 2.05) is 13.8 Å². The number of benzene rings is 1. The largest absolute Gasteiger partial charge is 0.310 e. The van der Waals surface area contributed by atoms with Crippen LogP contribution in [0.15, 0.2) is 30.7 Å². The van der Waals surface area contributed by atoms with Crippen LogP contribution in [-0.2, 0) is 5.54 Å². The zero-order valence-corrected chi connectivity index (χ0v) is 10.5. The third-order valence-corrected chi connectivity index (χ3v) is 3.07. The second kappa shape index (κ2) is 4.49. The number of hydrogen-bond donors (Lipinski definition) is 1. The molecule has 1 heterocycles. The van der Waals surface area contributed by atoms with Gasteiger partial charge in [0.2, 0.25) is 0 Å². The number of aromatic nitrogens is 2. The summed E-state index contributed by atoms with van der Waals surface area (Å²) in [6, 6.07) is 3.37. The number of rotatable bonds is 3. The molecule has 0 saturated carbocycles. The van der Waals surface area contributed by atoms with Gasteiger partial charge in [0.05, 0.1) is 29.4 Å². The molecular weight excluding hydrogens is 236 g/mol. The van der Waals surface area contributed by atoms with Crippen molar-refractivity contribution in [3.63, 3.8) is 0 Å². The Kier molecular flexibility index (Phi) is 3.17. The number of nitrogens with zero attached hydrogens (tertiary/aromatic N) is 2. The van der Waals surface area contributed by atoms with Crippen LogP contribution in [0.5, 0.6) is 0 Å². The van der Waals surface area contributed by atoms with Gasteiger partial charge >= 0.3 is 0 Å². The van der Waals surface area contributed by atoms with E-state index in [1.54, 1.807) is 17.8 Å². The molecule has 1 N–H and O–H groups in total. The van der Waals surface area contributed by atoms with Crippen molar-refractivity contribution in [1.82, 2.24) is 14.9 Å². The highest BCUT2D eigenvalue weighted by molar-refractivity contribution is 5.37. The van der Waals surface area contributed by atoms with Crippen LogP contribution in [0.3, 0.4) is 0 Å². The van der Waals surface area contributed by atoms with E-state index in [-0.39, 0.29) is 5.69 Å². The molecule has 0 radical (unpaired) electrons. The molecule has 0 aliphatic heterocycles. The summed E-state index contributed by atoms with van der Waals surface area (Å²) in [7, 11) is 1.80. The molecule has 0 aliphatic rings. The third-order valence-electron chi connectivity index (χ3n) is 3.07. The van der Waals surface area contributed by atoms with E-state index in [0.29, 0.717) is 0 Å². The molecule has 0 fully saturated rings. The Morgan fingerprint density at radius 1 is 1.28 bits per heavy atom. The van der Waals surface area contributed by atoms with Gasteiger partial charge in [0.25, 0.3) is 0 Å². The Bertz CT molecular complexity index is 561.